The highest BCUT2D eigenvalue weighted by molar-refractivity contribution is 5.87. The van der Waals surface area contributed by atoms with E-state index in [-0.39, 0.29) is 6.73 Å². The number of ether oxygens (including phenoxy) is 1. The summed E-state index contributed by atoms with van der Waals surface area (Å²) in [6, 6.07) is 5.87. The van der Waals surface area contributed by atoms with Crippen molar-refractivity contribution >= 4 is 11.8 Å². The van der Waals surface area contributed by atoms with Crippen LogP contribution in [0.2, 0.25) is 0 Å². The highest BCUT2D eigenvalue weighted by Crippen LogP contribution is 2.27. The molecule has 0 bridgehead atoms. The van der Waals surface area contributed by atoms with E-state index in [0.29, 0.717) is 5.69 Å². The number of rotatable bonds is 2. The topological polar surface area (TPSA) is 49.8 Å². The van der Waals surface area contributed by atoms with E-state index in [4.69, 9.17) is 4.74 Å². The van der Waals surface area contributed by atoms with Crippen LogP contribution in [0.25, 0.3) is 0 Å². The lowest BCUT2D eigenvalue weighted by Gasteiger charge is -2.26. The second kappa shape index (κ2) is 5.21. The number of aryl methyl sites for hydroxylation is 2. The highest BCUT2D eigenvalue weighted by Gasteiger charge is 2.23. The van der Waals surface area contributed by atoms with Crippen LogP contribution < -0.4 is 4.90 Å². The number of aliphatic hydroxyl groups is 1. The van der Waals surface area contributed by atoms with Crippen LogP contribution in [0.1, 0.15) is 38.3 Å². The molecule has 1 amide bonds. The Kier molecular flexibility index (Phi) is 3.80. The maximum Gasteiger partial charge on any atom is 0.416 e. The third-order valence-electron chi connectivity index (χ3n) is 3.15. The first kappa shape index (κ1) is 13.9. The zero-order valence-electron chi connectivity index (χ0n) is 11.8. The minimum Gasteiger partial charge on any atom is -0.443 e. The molecule has 0 heterocycles. The van der Waals surface area contributed by atoms with Crippen LogP contribution in [-0.4, -0.2) is 23.5 Å². The number of carbonyl (C=O) groups is 1. The van der Waals surface area contributed by atoms with Crippen LogP contribution in [0.5, 0.6) is 0 Å². The number of aliphatic hydroxyl groups excluding tert-OH is 1. The van der Waals surface area contributed by atoms with E-state index >= 15 is 0 Å². The quantitative estimate of drug-likeness (QED) is 0.835. The van der Waals surface area contributed by atoms with Crippen LogP contribution in [0.3, 0.4) is 0 Å². The van der Waals surface area contributed by atoms with Crippen molar-refractivity contribution in [2.75, 3.05) is 11.6 Å². The number of hydrogen-bond acceptors (Lipinski definition) is 3. The molecular weight excluding hydrogens is 242 g/mol. The summed E-state index contributed by atoms with van der Waals surface area (Å²) >= 11 is 0. The highest BCUT2D eigenvalue weighted by atomic mass is 16.6. The fourth-order valence-corrected chi connectivity index (χ4v) is 2.29. The lowest BCUT2D eigenvalue weighted by atomic mass is 10.1. The van der Waals surface area contributed by atoms with Gasteiger partial charge in [0.15, 0.2) is 0 Å². The number of hydrogen-bond donors (Lipinski definition) is 1. The molecule has 1 aromatic rings. The molecule has 2 rings (SSSR count). The number of anilines is 1. The SMILES string of the molecule is CC(C)(C)OC(=O)N(CO)c1ccc2c(c1)CCC2. The van der Waals surface area contributed by atoms with Gasteiger partial charge in [0.2, 0.25) is 0 Å². The van der Waals surface area contributed by atoms with Crippen molar-refractivity contribution in [2.24, 2.45) is 0 Å². The van der Waals surface area contributed by atoms with Crippen LogP contribution in [-0.2, 0) is 17.6 Å². The first-order valence-corrected chi connectivity index (χ1v) is 6.64. The summed E-state index contributed by atoms with van der Waals surface area (Å²) in [7, 11) is 0. The largest absolute Gasteiger partial charge is 0.443 e. The summed E-state index contributed by atoms with van der Waals surface area (Å²) in [5.41, 5.74) is 2.73. The molecule has 4 nitrogen and oxygen atoms in total. The number of amides is 1. The molecule has 19 heavy (non-hydrogen) atoms. The maximum atomic E-state index is 12.0. The smallest absolute Gasteiger partial charge is 0.416 e. The molecule has 1 aromatic carbocycles. The van der Waals surface area contributed by atoms with Gasteiger partial charge in [-0.15, -0.1) is 0 Å². The molecule has 1 N–H and O–H groups in total. The van der Waals surface area contributed by atoms with Crippen LogP contribution >= 0.6 is 0 Å². The number of carbonyl (C=O) groups excluding carboxylic acids is 1. The third-order valence-corrected chi connectivity index (χ3v) is 3.15. The Morgan fingerprint density at radius 1 is 1.32 bits per heavy atom. The van der Waals surface area contributed by atoms with Crippen molar-refractivity contribution in [2.45, 2.75) is 45.6 Å². The standard InChI is InChI=1S/C15H21NO3/c1-15(2,3)19-14(18)16(10-17)13-8-7-11-5-4-6-12(11)9-13/h7-9,17H,4-6,10H2,1-3H3. The van der Waals surface area contributed by atoms with Gasteiger partial charge < -0.3 is 9.84 Å². The van der Waals surface area contributed by atoms with E-state index < -0.39 is 11.7 Å². The summed E-state index contributed by atoms with van der Waals surface area (Å²) in [6.45, 7) is 5.04. The molecule has 0 atom stereocenters. The molecule has 0 saturated heterocycles. The van der Waals surface area contributed by atoms with Gasteiger partial charge in [-0.25, -0.2) is 4.79 Å². The minimum atomic E-state index is -0.568. The van der Waals surface area contributed by atoms with Crippen molar-refractivity contribution in [1.29, 1.82) is 0 Å². The van der Waals surface area contributed by atoms with Gasteiger partial charge in [0.05, 0.1) is 0 Å². The zero-order chi connectivity index (χ0) is 14.0. The van der Waals surface area contributed by atoms with Crippen LogP contribution in [0.15, 0.2) is 18.2 Å². The lowest BCUT2D eigenvalue weighted by Crippen LogP contribution is -2.37. The van der Waals surface area contributed by atoms with Crippen molar-refractivity contribution in [1.82, 2.24) is 0 Å². The van der Waals surface area contributed by atoms with Crippen molar-refractivity contribution < 1.29 is 14.6 Å². The van der Waals surface area contributed by atoms with Crippen molar-refractivity contribution in [3.8, 4) is 0 Å². The molecular formula is C15H21NO3. The molecule has 0 saturated carbocycles. The Morgan fingerprint density at radius 2 is 2.00 bits per heavy atom. The summed E-state index contributed by atoms with van der Waals surface area (Å²) in [6.07, 6.45) is 2.77. The van der Waals surface area contributed by atoms with Crippen LogP contribution in [0, 0.1) is 0 Å². The molecule has 0 fully saturated rings. The van der Waals surface area contributed by atoms with Gasteiger partial charge in [-0.2, -0.15) is 0 Å². The van der Waals surface area contributed by atoms with Gasteiger partial charge >= 0.3 is 6.09 Å². The van der Waals surface area contributed by atoms with Crippen molar-refractivity contribution in [3.63, 3.8) is 0 Å². The van der Waals surface area contributed by atoms with Gasteiger partial charge in [-0.3, -0.25) is 4.90 Å². The number of fused-ring (bicyclic) bond motifs is 1. The molecule has 0 spiro atoms. The second-order valence-electron chi connectivity index (χ2n) is 5.86. The van der Waals surface area contributed by atoms with E-state index in [1.807, 2.05) is 39.0 Å². The fourth-order valence-electron chi connectivity index (χ4n) is 2.29. The van der Waals surface area contributed by atoms with Gasteiger partial charge in [-0.1, -0.05) is 6.07 Å². The Labute approximate surface area is 114 Å². The Morgan fingerprint density at radius 3 is 2.63 bits per heavy atom. The number of benzene rings is 1. The van der Waals surface area contributed by atoms with Gasteiger partial charge in [0.1, 0.15) is 12.3 Å². The monoisotopic (exact) mass is 263 g/mol. The first-order valence-electron chi connectivity index (χ1n) is 6.64. The van der Waals surface area contributed by atoms with E-state index in [1.165, 1.54) is 16.0 Å². The van der Waals surface area contributed by atoms with Gasteiger partial charge in [0.25, 0.3) is 0 Å². The summed E-state index contributed by atoms with van der Waals surface area (Å²) in [5.74, 6) is 0. The van der Waals surface area contributed by atoms with E-state index in [9.17, 15) is 9.90 Å². The second-order valence-corrected chi connectivity index (χ2v) is 5.86. The first-order chi connectivity index (χ1) is 8.90. The zero-order valence-corrected chi connectivity index (χ0v) is 11.8. The average molecular weight is 263 g/mol. The summed E-state index contributed by atoms with van der Waals surface area (Å²) < 4.78 is 5.29. The van der Waals surface area contributed by atoms with Crippen LogP contribution in [0.4, 0.5) is 10.5 Å². The molecule has 4 heteroatoms. The van der Waals surface area contributed by atoms with E-state index in [2.05, 4.69) is 0 Å². The summed E-state index contributed by atoms with van der Waals surface area (Å²) in [5, 5.41) is 9.42. The predicted octanol–water partition coefficient (Wildman–Crippen LogP) is 2.87. The average Bonchev–Trinajstić information content (AvgIpc) is 2.74. The molecule has 104 valence electrons. The Balaban J connectivity index is 2.20. The normalized spacial score (nSPS) is 14.1. The predicted molar refractivity (Wildman–Crippen MR) is 74.3 cm³/mol. The summed E-state index contributed by atoms with van der Waals surface area (Å²) in [4.78, 5) is 13.3. The molecule has 0 aromatic heterocycles. The van der Waals surface area contributed by atoms with Crippen molar-refractivity contribution in [3.05, 3.63) is 29.3 Å². The van der Waals surface area contributed by atoms with E-state index in [1.54, 1.807) is 0 Å². The maximum absolute atomic E-state index is 12.0. The minimum absolute atomic E-state index is 0.381. The van der Waals surface area contributed by atoms with Gasteiger partial charge in [0, 0.05) is 5.69 Å². The molecule has 1 aliphatic rings. The number of nitrogens with zero attached hydrogens (tertiary/aromatic N) is 1. The Bertz CT molecular complexity index is 477. The Hall–Kier alpha value is -1.55. The molecule has 0 aliphatic heterocycles. The molecule has 0 unspecified atom stereocenters. The van der Waals surface area contributed by atoms with E-state index in [0.717, 1.165) is 19.3 Å². The lowest BCUT2D eigenvalue weighted by molar-refractivity contribution is 0.0546. The molecule has 0 radical (unpaired) electrons. The fraction of sp³-hybridized carbons (Fsp3) is 0.533. The molecule has 1 aliphatic carbocycles. The van der Waals surface area contributed by atoms with Gasteiger partial charge in [-0.05, 0) is 63.3 Å². The third kappa shape index (κ3) is 3.26.